The number of aromatic nitrogens is 2. The minimum Gasteiger partial charge on any atom is -0.473 e. The Labute approximate surface area is 297 Å². The lowest BCUT2D eigenvalue weighted by atomic mass is 9.61. The molecule has 1 saturated carbocycles. The van der Waals surface area contributed by atoms with Gasteiger partial charge in [-0.3, -0.25) is 9.69 Å². The van der Waals surface area contributed by atoms with Crippen molar-refractivity contribution in [2.45, 2.75) is 94.7 Å². The van der Waals surface area contributed by atoms with Gasteiger partial charge in [0.15, 0.2) is 17.4 Å². The van der Waals surface area contributed by atoms with Gasteiger partial charge in [0.2, 0.25) is 5.88 Å². The Kier molecular flexibility index (Phi) is 10.7. The second kappa shape index (κ2) is 15.0. The average Bonchev–Trinajstić information content (AvgIpc) is 3.67. The summed E-state index contributed by atoms with van der Waals surface area (Å²) < 4.78 is 11.8. The molecule has 3 atom stereocenters. The van der Waals surface area contributed by atoms with Crippen LogP contribution >= 0.6 is 11.3 Å². The van der Waals surface area contributed by atoms with Gasteiger partial charge in [-0.15, -0.1) is 11.3 Å². The van der Waals surface area contributed by atoms with Crippen LogP contribution in [-0.2, 0) is 21.4 Å². The first kappa shape index (κ1) is 35.6. The summed E-state index contributed by atoms with van der Waals surface area (Å²) in [4.78, 5) is 31.8. The average molecular weight is 706 g/mol. The maximum absolute atomic E-state index is 14.5. The van der Waals surface area contributed by atoms with Crippen molar-refractivity contribution in [3.8, 4) is 5.88 Å². The molecule has 4 aliphatic rings. The first-order chi connectivity index (χ1) is 24.0. The lowest BCUT2D eigenvalue weighted by molar-refractivity contribution is -0.122. The lowest BCUT2D eigenvalue weighted by Gasteiger charge is -2.40. The molecule has 270 valence electrons. The second-order valence-electron chi connectivity index (χ2n) is 13.9. The molecule has 1 spiro atoms. The molecule has 0 unspecified atom stereocenters. The van der Waals surface area contributed by atoms with E-state index in [4.69, 9.17) is 49.0 Å². The SMILES string of the molecule is C[C@H](Oc1cc(N=CC=C(N)/C(N)=C/N(N)C2CCOCC2)nc(C(N)=C2CCC[C@@]3(CCCc4sc(N)c(N)c43)C2=O)n1)[C@@H]1CCCN1C. The van der Waals surface area contributed by atoms with E-state index in [1.165, 1.54) is 17.6 Å². The number of ether oxygens (including phenoxy) is 2. The number of likely N-dealkylation sites (N-methyl/N-ethyl adjacent to an activating group) is 1. The molecular weight excluding hydrogens is 655 g/mol. The predicted molar refractivity (Wildman–Crippen MR) is 198 cm³/mol. The van der Waals surface area contributed by atoms with E-state index in [9.17, 15) is 4.79 Å². The molecule has 0 aromatic carbocycles. The number of nitrogens with zero attached hydrogens (tertiary/aromatic N) is 5. The van der Waals surface area contributed by atoms with Gasteiger partial charge < -0.3 is 43.2 Å². The molecule has 2 aromatic rings. The molecular formula is C35H51N11O3S. The fourth-order valence-corrected chi connectivity index (χ4v) is 9.04. The minimum absolute atomic E-state index is 0.0275. The van der Waals surface area contributed by atoms with E-state index >= 15 is 0 Å². The van der Waals surface area contributed by atoms with Crippen molar-refractivity contribution >= 4 is 45.5 Å². The highest BCUT2D eigenvalue weighted by atomic mass is 32.1. The largest absolute Gasteiger partial charge is 0.473 e. The standard InChI is InChI=1S/C35H51N11O3S/c1-20(25-7-5-15-45(25)2)49-28-18-27(42-14-9-23(36)24(37)19-46(41)21-10-16-48-17-11-21)43-34(44-28)30(38)22-6-3-12-35(32(22)47)13-4-8-26-29(35)31(39)33(40)50-26/h9,14,18-21,25H,3-8,10-13,15-17,36-41H2,1-2H3/b23-9?,24-19-,30-22?,42-14?/t20-,25-,35-/m0/s1. The number of hydrogen-bond donors (Lipinski definition) is 6. The number of Topliss-reactive ketones (excluding diaryl/α,β-unsaturated/α-hetero) is 1. The van der Waals surface area contributed by atoms with Crippen LogP contribution in [0.25, 0.3) is 5.70 Å². The molecule has 4 heterocycles. The van der Waals surface area contributed by atoms with Crippen molar-refractivity contribution in [2.24, 2.45) is 28.0 Å². The van der Waals surface area contributed by atoms with Crippen LogP contribution in [0.2, 0.25) is 0 Å². The van der Waals surface area contributed by atoms with Crippen LogP contribution in [0.1, 0.15) is 81.0 Å². The number of rotatable bonds is 9. The Bertz CT molecular complexity index is 1710. The number of nitrogens with two attached hydrogens (primary N) is 6. The van der Waals surface area contributed by atoms with Gasteiger partial charge in [0.25, 0.3) is 0 Å². The molecule has 0 radical (unpaired) electrons. The summed E-state index contributed by atoms with van der Waals surface area (Å²) in [5.41, 5.74) is 34.1. The van der Waals surface area contributed by atoms with Crippen molar-refractivity contribution in [3.63, 3.8) is 0 Å². The zero-order valence-corrected chi connectivity index (χ0v) is 29.9. The zero-order chi connectivity index (χ0) is 35.6. The van der Waals surface area contributed by atoms with Gasteiger partial charge in [0.05, 0.1) is 28.2 Å². The van der Waals surface area contributed by atoms with Crippen LogP contribution in [0, 0.1) is 0 Å². The molecule has 2 saturated heterocycles. The maximum atomic E-state index is 14.5. The first-order valence-electron chi connectivity index (χ1n) is 17.5. The fraction of sp³-hybridized carbons (Fsp3) is 0.543. The number of fused-ring (bicyclic) bond motifs is 2. The van der Waals surface area contributed by atoms with Crippen molar-refractivity contribution in [2.75, 3.05) is 38.3 Å². The fourth-order valence-electron chi connectivity index (χ4n) is 7.91. The Morgan fingerprint density at radius 2 is 1.86 bits per heavy atom. The number of hydrazine groups is 1. The van der Waals surface area contributed by atoms with Crippen LogP contribution in [-0.4, -0.2) is 76.9 Å². The summed E-state index contributed by atoms with van der Waals surface area (Å²) in [6.45, 7) is 4.35. The molecule has 2 aromatic heterocycles. The van der Waals surface area contributed by atoms with E-state index in [-0.39, 0.29) is 35.5 Å². The Balaban J connectivity index is 1.31. The molecule has 3 fully saturated rings. The molecule has 2 aliphatic heterocycles. The van der Waals surface area contributed by atoms with E-state index in [0.29, 0.717) is 71.8 Å². The van der Waals surface area contributed by atoms with Crippen LogP contribution in [0.15, 0.2) is 40.3 Å². The van der Waals surface area contributed by atoms with Gasteiger partial charge in [-0.1, -0.05) is 0 Å². The topological polar surface area (TPSA) is 236 Å². The molecule has 50 heavy (non-hydrogen) atoms. The number of aryl methyl sites for hydroxylation is 1. The van der Waals surface area contributed by atoms with Crippen molar-refractivity contribution in [1.29, 1.82) is 0 Å². The van der Waals surface area contributed by atoms with E-state index in [0.717, 1.165) is 61.9 Å². The first-order valence-corrected chi connectivity index (χ1v) is 18.3. The van der Waals surface area contributed by atoms with E-state index in [1.807, 2.05) is 6.92 Å². The lowest BCUT2D eigenvalue weighted by Crippen LogP contribution is -2.43. The quantitative estimate of drug-likeness (QED) is 0.0725. The normalized spacial score (nSPS) is 25.7. The van der Waals surface area contributed by atoms with Gasteiger partial charge in [-0.2, -0.15) is 4.98 Å². The number of thiophene rings is 1. The minimum atomic E-state index is -0.750. The number of aliphatic imine (C=N–C) groups is 1. The zero-order valence-electron chi connectivity index (χ0n) is 29.1. The van der Waals surface area contributed by atoms with Gasteiger partial charge in [-0.25, -0.2) is 15.8 Å². The third-order valence-electron chi connectivity index (χ3n) is 10.6. The molecule has 0 amide bonds. The van der Waals surface area contributed by atoms with Crippen LogP contribution < -0.4 is 39.2 Å². The van der Waals surface area contributed by atoms with Gasteiger partial charge in [0.1, 0.15) is 11.1 Å². The van der Waals surface area contributed by atoms with E-state index < -0.39 is 5.41 Å². The predicted octanol–water partition coefficient (Wildman–Crippen LogP) is 2.96. The van der Waals surface area contributed by atoms with Crippen LogP contribution in [0.5, 0.6) is 5.88 Å². The Hall–Kier alpha value is -4.18. The molecule has 15 heteroatoms. The molecule has 14 nitrogen and oxygen atoms in total. The van der Waals surface area contributed by atoms with Crippen LogP contribution in [0.4, 0.5) is 16.5 Å². The van der Waals surface area contributed by atoms with Gasteiger partial charge in [0, 0.05) is 59.8 Å². The second-order valence-corrected chi connectivity index (χ2v) is 15.0. The van der Waals surface area contributed by atoms with Crippen molar-refractivity contribution < 1.29 is 14.3 Å². The summed E-state index contributed by atoms with van der Waals surface area (Å²) in [5, 5.41) is 2.15. The number of allylic oxidation sites excluding steroid dienone is 2. The molecule has 12 N–H and O–H groups in total. The Morgan fingerprint density at radius 3 is 2.58 bits per heavy atom. The highest BCUT2D eigenvalue weighted by Gasteiger charge is 2.49. The molecule has 2 aliphatic carbocycles. The summed E-state index contributed by atoms with van der Waals surface area (Å²) >= 11 is 1.49. The van der Waals surface area contributed by atoms with Crippen molar-refractivity contribution in [3.05, 3.63) is 51.6 Å². The summed E-state index contributed by atoms with van der Waals surface area (Å²) in [5.74, 6) is 7.00. The summed E-state index contributed by atoms with van der Waals surface area (Å²) in [6, 6.07) is 2.02. The maximum Gasteiger partial charge on any atom is 0.219 e. The number of anilines is 2. The summed E-state index contributed by atoms with van der Waals surface area (Å²) in [7, 11) is 2.10. The Morgan fingerprint density at radius 1 is 1.12 bits per heavy atom. The smallest absolute Gasteiger partial charge is 0.219 e. The number of likely N-dealkylation sites (tertiary alicyclic amines) is 1. The van der Waals surface area contributed by atoms with Crippen LogP contribution in [0.3, 0.4) is 0 Å². The highest BCUT2D eigenvalue weighted by Crippen LogP contribution is 2.53. The molecule has 0 bridgehead atoms. The number of carbonyl (C=O) groups excluding carboxylic acids is 1. The highest BCUT2D eigenvalue weighted by molar-refractivity contribution is 7.16. The summed E-state index contributed by atoms with van der Waals surface area (Å²) in [6.07, 6.45) is 12.7. The number of carbonyl (C=O) groups is 1. The monoisotopic (exact) mass is 705 g/mol. The van der Waals surface area contributed by atoms with E-state index in [1.54, 1.807) is 23.4 Å². The van der Waals surface area contributed by atoms with Gasteiger partial charge in [-0.05, 0) is 90.8 Å². The number of ketones is 1. The third kappa shape index (κ3) is 7.18. The molecule has 6 rings (SSSR count). The third-order valence-corrected chi connectivity index (χ3v) is 11.7. The van der Waals surface area contributed by atoms with E-state index in [2.05, 4.69) is 21.9 Å². The number of hydrogen-bond acceptors (Lipinski definition) is 15. The number of nitrogen functional groups attached to an aromatic ring is 2. The van der Waals surface area contributed by atoms with Gasteiger partial charge >= 0.3 is 0 Å². The van der Waals surface area contributed by atoms with Crippen molar-refractivity contribution in [1.82, 2.24) is 19.9 Å².